The molecular weight excluding hydrogens is 262 g/mol. The monoisotopic (exact) mass is 269 g/mol. The Labute approximate surface area is 94.7 Å². The van der Waals surface area contributed by atoms with E-state index in [1.54, 1.807) is 12.1 Å². The Kier molecular flexibility index (Phi) is 2.48. The molecule has 2 rings (SSSR count). The molecule has 1 aromatic rings. The number of methoxy groups -OCH3 is 1. The van der Waals surface area contributed by atoms with E-state index in [0.29, 0.717) is 22.1 Å². The van der Waals surface area contributed by atoms with Crippen LogP contribution in [-0.4, -0.2) is 19.0 Å². The largest absolute Gasteiger partial charge is 0.465 e. The molecule has 1 aliphatic heterocycles. The lowest BCUT2D eigenvalue weighted by atomic mass is 10.1. The van der Waals surface area contributed by atoms with Crippen LogP contribution in [-0.2, 0) is 16.0 Å². The van der Waals surface area contributed by atoms with E-state index >= 15 is 0 Å². The zero-order chi connectivity index (χ0) is 11.0. The standard InChI is InChI=1S/C10H8BrNO3/c1-15-10(14)6-3-2-5-4-7(13)12-9(5)8(6)11/h2-3H,4H2,1H3,(H,12,13). The van der Waals surface area contributed by atoms with Gasteiger partial charge in [0.05, 0.1) is 29.3 Å². The van der Waals surface area contributed by atoms with Crippen molar-refractivity contribution in [3.05, 3.63) is 27.7 Å². The van der Waals surface area contributed by atoms with E-state index in [1.165, 1.54) is 7.11 Å². The molecule has 0 fully saturated rings. The number of carbonyl (C=O) groups is 2. The van der Waals surface area contributed by atoms with Gasteiger partial charge in [-0.2, -0.15) is 0 Å². The average Bonchev–Trinajstić information content (AvgIpc) is 2.59. The first-order valence-corrected chi connectivity index (χ1v) is 5.12. The summed E-state index contributed by atoms with van der Waals surface area (Å²) in [5.41, 5.74) is 1.97. The summed E-state index contributed by atoms with van der Waals surface area (Å²) in [6.07, 6.45) is 0.357. The van der Waals surface area contributed by atoms with E-state index in [9.17, 15) is 9.59 Å². The van der Waals surface area contributed by atoms with Crippen LogP contribution in [0.4, 0.5) is 5.69 Å². The Morgan fingerprint density at radius 2 is 2.27 bits per heavy atom. The molecule has 0 aromatic heterocycles. The number of carbonyl (C=O) groups excluding carboxylic acids is 2. The minimum Gasteiger partial charge on any atom is -0.465 e. The maximum absolute atomic E-state index is 11.4. The van der Waals surface area contributed by atoms with Gasteiger partial charge in [0.15, 0.2) is 0 Å². The number of nitrogens with one attached hydrogen (secondary N) is 1. The fourth-order valence-electron chi connectivity index (χ4n) is 1.52. The van der Waals surface area contributed by atoms with Gasteiger partial charge in [0.1, 0.15) is 0 Å². The van der Waals surface area contributed by atoms with Crippen molar-refractivity contribution in [1.82, 2.24) is 0 Å². The Morgan fingerprint density at radius 1 is 1.53 bits per heavy atom. The molecule has 78 valence electrons. The second-order valence-electron chi connectivity index (χ2n) is 3.18. The third-order valence-corrected chi connectivity index (χ3v) is 3.07. The summed E-state index contributed by atoms with van der Waals surface area (Å²) in [4.78, 5) is 22.5. The molecule has 0 aliphatic carbocycles. The molecule has 0 saturated carbocycles. The van der Waals surface area contributed by atoms with Crippen LogP contribution >= 0.6 is 15.9 Å². The number of hydrogen-bond donors (Lipinski definition) is 1. The predicted molar refractivity (Wildman–Crippen MR) is 57.8 cm³/mol. The van der Waals surface area contributed by atoms with E-state index < -0.39 is 5.97 Å². The predicted octanol–water partition coefficient (Wildman–Crippen LogP) is 1.73. The number of benzene rings is 1. The Balaban J connectivity index is 2.51. The molecule has 0 radical (unpaired) electrons. The molecule has 1 aliphatic rings. The smallest absolute Gasteiger partial charge is 0.339 e. The average molecular weight is 270 g/mol. The summed E-state index contributed by atoms with van der Waals surface area (Å²) in [5.74, 6) is -0.487. The number of hydrogen-bond acceptors (Lipinski definition) is 3. The van der Waals surface area contributed by atoms with Gasteiger partial charge in [-0.3, -0.25) is 4.79 Å². The van der Waals surface area contributed by atoms with Crippen LogP contribution < -0.4 is 5.32 Å². The Hall–Kier alpha value is -1.36. The summed E-state index contributed by atoms with van der Waals surface area (Å²) in [7, 11) is 1.32. The number of rotatable bonds is 1. The van der Waals surface area contributed by atoms with Gasteiger partial charge < -0.3 is 10.1 Å². The molecule has 1 N–H and O–H groups in total. The first-order chi connectivity index (χ1) is 7.13. The lowest BCUT2D eigenvalue weighted by Gasteiger charge is -2.06. The van der Waals surface area contributed by atoms with Crippen molar-refractivity contribution in [3.8, 4) is 0 Å². The molecular formula is C10H8BrNO3. The molecule has 1 aromatic carbocycles. The van der Waals surface area contributed by atoms with Gasteiger partial charge in [-0.25, -0.2) is 4.79 Å². The van der Waals surface area contributed by atoms with Crippen LogP contribution in [0.3, 0.4) is 0 Å². The first-order valence-electron chi connectivity index (χ1n) is 4.33. The second kappa shape index (κ2) is 3.66. The highest BCUT2D eigenvalue weighted by Crippen LogP contribution is 2.34. The van der Waals surface area contributed by atoms with Gasteiger partial charge >= 0.3 is 5.97 Å². The molecule has 15 heavy (non-hydrogen) atoms. The van der Waals surface area contributed by atoms with Gasteiger partial charge in [-0.05, 0) is 27.6 Å². The van der Waals surface area contributed by atoms with Gasteiger partial charge in [0, 0.05) is 0 Å². The zero-order valence-electron chi connectivity index (χ0n) is 7.96. The van der Waals surface area contributed by atoms with E-state index in [-0.39, 0.29) is 5.91 Å². The van der Waals surface area contributed by atoms with Crippen LogP contribution in [0.1, 0.15) is 15.9 Å². The fourth-order valence-corrected chi connectivity index (χ4v) is 2.17. The highest BCUT2D eigenvalue weighted by molar-refractivity contribution is 9.10. The van der Waals surface area contributed by atoms with E-state index in [2.05, 4.69) is 26.0 Å². The molecule has 0 bridgehead atoms. The third kappa shape index (κ3) is 1.63. The molecule has 0 unspecified atom stereocenters. The SMILES string of the molecule is COC(=O)c1ccc2c(c1Br)NC(=O)C2. The van der Waals surface area contributed by atoms with Gasteiger partial charge in [0.2, 0.25) is 5.91 Å². The minimum absolute atomic E-state index is 0.0623. The molecule has 0 saturated heterocycles. The van der Waals surface area contributed by atoms with Crippen molar-refractivity contribution in [3.63, 3.8) is 0 Å². The number of anilines is 1. The highest BCUT2D eigenvalue weighted by atomic mass is 79.9. The van der Waals surface area contributed by atoms with Crippen molar-refractivity contribution in [2.24, 2.45) is 0 Å². The van der Waals surface area contributed by atoms with Crippen molar-refractivity contribution in [2.75, 3.05) is 12.4 Å². The minimum atomic E-state index is -0.425. The number of halogens is 1. The maximum atomic E-state index is 11.4. The molecule has 0 spiro atoms. The number of esters is 1. The maximum Gasteiger partial charge on any atom is 0.339 e. The lowest BCUT2D eigenvalue weighted by Crippen LogP contribution is -2.06. The van der Waals surface area contributed by atoms with Crippen molar-refractivity contribution >= 4 is 33.5 Å². The normalized spacial score (nSPS) is 13.3. The number of ether oxygens (including phenoxy) is 1. The van der Waals surface area contributed by atoms with Gasteiger partial charge in [-0.1, -0.05) is 6.07 Å². The number of fused-ring (bicyclic) bond motifs is 1. The quantitative estimate of drug-likeness (QED) is 0.790. The summed E-state index contributed by atoms with van der Waals surface area (Å²) in [6, 6.07) is 3.40. The van der Waals surface area contributed by atoms with Gasteiger partial charge in [0.25, 0.3) is 0 Å². The first kappa shape index (κ1) is 10.2. The van der Waals surface area contributed by atoms with Crippen LogP contribution in [0, 0.1) is 0 Å². The van der Waals surface area contributed by atoms with E-state index in [0.717, 1.165) is 5.56 Å². The van der Waals surface area contributed by atoms with Gasteiger partial charge in [-0.15, -0.1) is 0 Å². The number of amides is 1. The van der Waals surface area contributed by atoms with Crippen LogP contribution in [0.5, 0.6) is 0 Å². The molecule has 1 amide bonds. The molecule has 4 nitrogen and oxygen atoms in total. The molecule has 0 atom stereocenters. The lowest BCUT2D eigenvalue weighted by molar-refractivity contribution is -0.115. The topological polar surface area (TPSA) is 55.4 Å². The van der Waals surface area contributed by atoms with Crippen molar-refractivity contribution < 1.29 is 14.3 Å². The fraction of sp³-hybridized carbons (Fsp3) is 0.200. The zero-order valence-corrected chi connectivity index (χ0v) is 9.55. The highest BCUT2D eigenvalue weighted by Gasteiger charge is 2.23. The van der Waals surface area contributed by atoms with Crippen molar-refractivity contribution in [2.45, 2.75) is 6.42 Å². The summed E-state index contributed by atoms with van der Waals surface area (Å²) < 4.78 is 5.20. The Morgan fingerprint density at radius 3 is 2.93 bits per heavy atom. The van der Waals surface area contributed by atoms with Crippen molar-refractivity contribution in [1.29, 1.82) is 0 Å². The second-order valence-corrected chi connectivity index (χ2v) is 3.97. The summed E-state index contributed by atoms with van der Waals surface area (Å²) in [6.45, 7) is 0. The summed E-state index contributed by atoms with van der Waals surface area (Å²) in [5, 5.41) is 2.69. The van der Waals surface area contributed by atoms with Crippen LogP contribution in [0.2, 0.25) is 0 Å². The third-order valence-electron chi connectivity index (χ3n) is 2.25. The van der Waals surface area contributed by atoms with E-state index in [1.807, 2.05) is 0 Å². The molecule has 5 heteroatoms. The van der Waals surface area contributed by atoms with Crippen LogP contribution in [0.25, 0.3) is 0 Å². The summed E-state index contributed by atoms with van der Waals surface area (Å²) >= 11 is 3.29. The Bertz CT molecular complexity index is 456. The van der Waals surface area contributed by atoms with Crippen LogP contribution in [0.15, 0.2) is 16.6 Å². The molecule has 1 heterocycles. The van der Waals surface area contributed by atoms with E-state index in [4.69, 9.17) is 0 Å².